The monoisotopic (exact) mass is 588 g/mol. The molecular weight excluding hydrogens is 548 g/mol. The predicted molar refractivity (Wildman–Crippen MR) is 167 cm³/mol. The number of hydrogen-bond acceptors (Lipinski definition) is 6. The number of pyridine rings is 1. The van der Waals surface area contributed by atoms with E-state index in [9.17, 15) is 9.90 Å². The van der Waals surface area contributed by atoms with Gasteiger partial charge in [0.15, 0.2) is 0 Å². The molecule has 7 nitrogen and oxygen atoms in total. The van der Waals surface area contributed by atoms with Gasteiger partial charge in [0.1, 0.15) is 12.4 Å². The zero-order valence-electron chi connectivity index (χ0n) is 24.8. The average molecular weight is 589 g/mol. The number of aromatic nitrogens is 1. The second-order valence-corrected chi connectivity index (χ2v) is 12.1. The summed E-state index contributed by atoms with van der Waals surface area (Å²) in [4.78, 5) is 22.0. The topological polar surface area (TPSA) is 77.9 Å². The van der Waals surface area contributed by atoms with E-state index < -0.39 is 5.60 Å². The van der Waals surface area contributed by atoms with Crippen molar-refractivity contribution in [3.63, 3.8) is 0 Å². The highest BCUT2D eigenvalue weighted by Crippen LogP contribution is 2.38. The van der Waals surface area contributed by atoms with Crippen LogP contribution in [0, 0.1) is 0 Å². The number of aliphatic hydroxyl groups is 1. The summed E-state index contributed by atoms with van der Waals surface area (Å²) in [5.74, 6) is 0.860. The van der Waals surface area contributed by atoms with Gasteiger partial charge in [0, 0.05) is 54.6 Å². The van der Waals surface area contributed by atoms with Crippen molar-refractivity contribution in [1.29, 1.82) is 0 Å². The van der Waals surface area contributed by atoms with Crippen LogP contribution < -0.4 is 10.1 Å². The third-order valence-electron chi connectivity index (χ3n) is 8.10. The van der Waals surface area contributed by atoms with Crippen LogP contribution >= 0.6 is 11.6 Å². The van der Waals surface area contributed by atoms with Gasteiger partial charge in [-0.25, -0.2) is 0 Å². The minimum atomic E-state index is -0.958. The van der Waals surface area contributed by atoms with Gasteiger partial charge in [-0.05, 0) is 87.2 Å². The van der Waals surface area contributed by atoms with Crippen molar-refractivity contribution in [2.75, 3.05) is 32.7 Å². The molecule has 42 heavy (non-hydrogen) atoms. The summed E-state index contributed by atoms with van der Waals surface area (Å²) < 4.78 is 6.16. The number of benzene rings is 2. The van der Waals surface area contributed by atoms with E-state index >= 15 is 0 Å². The van der Waals surface area contributed by atoms with E-state index in [-0.39, 0.29) is 5.91 Å². The Balaban J connectivity index is 1.32. The Bertz CT molecular complexity index is 1420. The summed E-state index contributed by atoms with van der Waals surface area (Å²) in [6.07, 6.45) is 5.96. The Morgan fingerprint density at radius 3 is 2.79 bits per heavy atom. The molecule has 3 heterocycles. The van der Waals surface area contributed by atoms with Crippen molar-refractivity contribution in [2.24, 2.45) is 0 Å². The molecular formula is C34H41ClN4O3. The summed E-state index contributed by atoms with van der Waals surface area (Å²) in [6.45, 7) is 10.5. The minimum absolute atomic E-state index is 0.0570. The van der Waals surface area contributed by atoms with Crippen LogP contribution in [0.15, 0.2) is 66.9 Å². The molecule has 8 heteroatoms. The van der Waals surface area contributed by atoms with Gasteiger partial charge in [0.2, 0.25) is 5.91 Å². The first-order valence-corrected chi connectivity index (χ1v) is 15.2. The largest absolute Gasteiger partial charge is 0.487 e. The molecule has 0 spiro atoms. The van der Waals surface area contributed by atoms with Crippen LogP contribution in [0.2, 0.25) is 5.02 Å². The number of nitrogens with zero attached hydrogens (tertiary/aromatic N) is 3. The number of fused-ring (bicyclic) bond motifs is 2. The molecule has 2 N–H and O–H groups in total. The van der Waals surface area contributed by atoms with Gasteiger partial charge in [-0.1, -0.05) is 41.9 Å². The molecule has 0 aliphatic carbocycles. The lowest BCUT2D eigenvalue weighted by molar-refractivity contribution is -0.122. The molecule has 1 unspecified atom stereocenters. The third-order valence-corrected chi connectivity index (χ3v) is 8.35. The van der Waals surface area contributed by atoms with Crippen molar-refractivity contribution < 1.29 is 14.6 Å². The van der Waals surface area contributed by atoms with Crippen LogP contribution in [0.3, 0.4) is 0 Å². The molecule has 3 aromatic rings. The van der Waals surface area contributed by atoms with Gasteiger partial charge in [-0.15, -0.1) is 0 Å². The van der Waals surface area contributed by atoms with Gasteiger partial charge in [0.25, 0.3) is 0 Å². The van der Waals surface area contributed by atoms with Crippen molar-refractivity contribution in [1.82, 2.24) is 20.1 Å². The van der Waals surface area contributed by atoms with E-state index in [2.05, 4.69) is 32.2 Å². The molecule has 1 aromatic heterocycles. The summed E-state index contributed by atoms with van der Waals surface area (Å²) in [5.41, 5.74) is 5.09. The highest BCUT2D eigenvalue weighted by atomic mass is 35.5. The molecule has 5 rings (SSSR count). The maximum atomic E-state index is 12.6. The second-order valence-electron chi connectivity index (χ2n) is 11.7. The van der Waals surface area contributed by atoms with E-state index in [1.54, 1.807) is 20.0 Å². The molecule has 2 aliphatic heterocycles. The second kappa shape index (κ2) is 13.4. The molecule has 0 bridgehead atoms. The number of halogens is 1. The van der Waals surface area contributed by atoms with E-state index in [1.807, 2.05) is 55.5 Å². The van der Waals surface area contributed by atoms with Crippen molar-refractivity contribution >= 4 is 23.1 Å². The lowest BCUT2D eigenvalue weighted by Crippen LogP contribution is -2.43. The maximum absolute atomic E-state index is 12.6. The molecule has 0 saturated carbocycles. The van der Waals surface area contributed by atoms with E-state index in [1.165, 1.54) is 0 Å². The number of nitrogens with one attached hydrogen (secondary N) is 1. The van der Waals surface area contributed by atoms with Crippen molar-refractivity contribution in [3.8, 4) is 5.75 Å². The highest BCUT2D eigenvalue weighted by molar-refractivity contribution is 6.30. The van der Waals surface area contributed by atoms with Crippen LogP contribution in [-0.2, 0) is 23.5 Å². The Kier molecular flexibility index (Phi) is 9.63. The first-order valence-electron chi connectivity index (χ1n) is 14.8. The van der Waals surface area contributed by atoms with Gasteiger partial charge >= 0.3 is 0 Å². The van der Waals surface area contributed by atoms with Crippen LogP contribution in [0.25, 0.3) is 5.57 Å². The number of carbonyl (C=O) groups is 1. The molecule has 1 saturated heterocycles. The van der Waals surface area contributed by atoms with Crippen LogP contribution in [0.4, 0.5) is 0 Å². The van der Waals surface area contributed by atoms with E-state index in [0.717, 1.165) is 71.7 Å². The van der Waals surface area contributed by atoms with Gasteiger partial charge < -0.3 is 20.1 Å². The Morgan fingerprint density at radius 1 is 1.21 bits per heavy atom. The normalized spacial score (nSPS) is 18.0. The lowest BCUT2D eigenvalue weighted by Gasteiger charge is -2.28. The fourth-order valence-electron chi connectivity index (χ4n) is 5.84. The molecule has 1 fully saturated rings. The number of hydrogen-bond donors (Lipinski definition) is 2. The van der Waals surface area contributed by atoms with Crippen molar-refractivity contribution in [2.45, 2.75) is 58.4 Å². The fourth-order valence-corrected chi connectivity index (χ4v) is 5.96. The van der Waals surface area contributed by atoms with Crippen LogP contribution in [-0.4, -0.2) is 64.6 Å². The lowest BCUT2D eigenvalue weighted by atomic mass is 9.90. The highest BCUT2D eigenvalue weighted by Gasteiger charge is 2.29. The summed E-state index contributed by atoms with van der Waals surface area (Å²) >= 11 is 6.11. The van der Waals surface area contributed by atoms with Crippen molar-refractivity contribution in [3.05, 3.63) is 99.8 Å². The van der Waals surface area contributed by atoms with Gasteiger partial charge in [0.05, 0.1) is 17.8 Å². The van der Waals surface area contributed by atoms with Crippen LogP contribution in [0.1, 0.15) is 61.6 Å². The molecule has 0 radical (unpaired) electrons. The quantitative estimate of drug-likeness (QED) is 0.331. The SMILES string of the molecule is CCNC(=O)CN(Cc1ccc(Cl)cc1)C1CCN(CC/C=C2\c3cc(C(C)(C)O)ccc3OCc3ncccc32)C1. The molecule has 1 amide bonds. The summed E-state index contributed by atoms with van der Waals surface area (Å²) in [6, 6.07) is 18.2. The Morgan fingerprint density at radius 2 is 2.02 bits per heavy atom. The number of rotatable bonds is 10. The number of likely N-dealkylation sites (tertiary alicyclic amines) is 1. The zero-order chi connectivity index (χ0) is 29.7. The van der Waals surface area contributed by atoms with E-state index in [4.69, 9.17) is 16.3 Å². The molecule has 222 valence electrons. The first kappa shape index (κ1) is 30.2. The Labute approximate surface area is 254 Å². The number of carbonyl (C=O) groups excluding carboxylic acids is 1. The number of likely N-dealkylation sites (N-methyl/N-ethyl adjacent to an activating group) is 1. The molecule has 2 aromatic carbocycles. The molecule has 2 aliphatic rings. The fraction of sp³-hybridized carbons (Fsp3) is 0.412. The maximum Gasteiger partial charge on any atom is 0.234 e. The summed E-state index contributed by atoms with van der Waals surface area (Å²) in [7, 11) is 0. The smallest absolute Gasteiger partial charge is 0.234 e. The van der Waals surface area contributed by atoms with Crippen LogP contribution in [0.5, 0.6) is 5.75 Å². The summed E-state index contributed by atoms with van der Waals surface area (Å²) in [5, 5.41) is 14.4. The Hall–Kier alpha value is -3.23. The van der Waals surface area contributed by atoms with Gasteiger partial charge in [-0.2, -0.15) is 0 Å². The van der Waals surface area contributed by atoms with Gasteiger partial charge in [-0.3, -0.25) is 14.7 Å². The predicted octanol–water partition coefficient (Wildman–Crippen LogP) is 5.39. The third kappa shape index (κ3) is 7.39. The standard InChI is InChI=1S/C34H41ClN4O3/c1-4-36-33(40)22-39(20-24-9-12-26(35)13-10-24)27-15-18-38(21-27)17-6-8-28-29-7-5-16-37-31(29)23-42-32-14-11-25(19-30(28)32)34(2,3)41/h5,7-14,16,19,27,41H,4,6,15,17-18,20-23H2,1-3H3,(H,36,40)/b28-8-. The first-order chi connectivity index (χ1) is 20.2. The average Bonchev–Trinajstić information content (AvgIpc) is 3.38. The minimum Gasteiger partial charge on any atom is -0.487 e. The molecule has 1 atom stereocenters. The zero-order valence-corrected chi connectivity index (χ0v) is 25.5. The number of amides is 1. The number of ether oxygens (including phenoxy) is 1. The van der Waals surface area contributed by atoms with E-state index in [0.29, 0.717) is 37.3 Å².